The maximum absolute atomic E-state index is 12.6. The Hall–Kier alpha value is -1.95. The van der Waals surface area contributed by atoms with Gasteiger partial charge in [0, 0.05) is 32.7 Å². The summed E-state index contributed by atoms with van der Waals surface area (Å²) in [6.45, 7) is 4.32. The average molecular weight is 427 g/mol. The Morgan fingerprint density at radius 3 is 2.11 bits per heavy atom. The topological polar surface area (TPSA) is 42.0 Å². The van der Waals surface area contributed by atoms with E-state index in [0.29, 0.717) is 17.9 Å². The first-order valence-electron chi connectivity index (χ1n) is 8.94. The van der Waals surface area contributed by atoms with E-state index in [1.807, 2.05) is 29.2 Å². The van der Waals surface area contributed by atoms with Gasteiger partial charge in [0.25, 0.3) is 0 Å². The molecule has 2 aromatic carbocycles. The molecule has 0 spiro atoms. The Kier molecular flexibility index (Phi) is 10.1. The van der Waals surface area contributed by atoms with Crippen molar-refractivity contribution in [3.63, 3.8) is 0 Å². The fourth-order valence-corrected chi connectivity index (χ4v) is 3.27. The van der Waals surface area contributed by atoms with Gasteiger partial charge in [-0.1, -0.05) is 36.4 Å². The van der Waals surface area contributed by atoms with Crippen molar-refractivity contribution in [3.05, 3.63) is 59.7 Å². The molecule has 154 valence electrons. The van der Waals surface area contributed by atoms with Gasteiger partial charge in [0.15, 0.2) is 11.5 Å². The van der Waals surface area contributed by atoms with Crippen LogP contribution in [0.4, 0.5) is 0 Å². The van der Waals surface area contributed by atoms with E-state index >= 15 is 0 Å². The molecular weight excluding hydrogens is 399 g/mol. The molecule has 0 aromatic heterocycles. The highest BCUT2D eigenvalue weighted by Crippen LogP contribution is 2.27. The molecule has 2 aromatic rings. The van der Waals surface area contributed by atoms with Crippen LogP contribution in [0.3, 0.4) is 0 Å². The van der Waals surface area contributed by atoms with Gasteiger partial charge in [-0.25, -0.2) is 0 Å². The summed E-state index contributed by atoms with van der Waals surface area (Å²) in [6.07, 6.45) is 0.388. The molecule has 1 heterocycles. The van der Waals surface area contributed by atoms with E-state index in [2.05, 4.69) is 29.2 Å². The number of hydrogen-bond acceptors (Lipinski definition) is 4. The van der Waals surface area contributed by atoms with Gasteiger partial charge >= 0.3 is 0 Å². The highest BCUT2D eigenvalue weighted by molar-refractivity contribution is 5.85. The second kappa shape index (κ2) is 11.8. The van der Waals surface area contributed by atoms with Crippen LogP contribution in [-0.4, -0.2) is 56.1 Å². The van der Waals surface area contributed by atoms with E-state index in [-0.39, 0.29) is 30.7 Å². The molecule has 0 unspecified atom stereocenters. The number of methoxy groups -OCH3 is 2. The molecule has 28 heavy (non-hydrogen) atoms. The predicted molar refractivity (Wildman–Crippen MR) is 116 cm³/mol. The summed E-state index contributed by atoms with van der Waals surface area (Å²) in [7, 11) is 3.22. The molecule has 0 bridgehead atoms. The molecule has 0 N–H and O–H groups in total. The van der Waals surface area contributed by atoms with Crippen LogP contribution in [0, 0.1) is 0 Å². The van der Waals surface area contributed by atoms with E-state index < -0.39 is 0 Å². The molecule has 7 heteroatoms. The Balaban J connectivity index is 0.00000196. The lowest BCUT2D eigenvalue weighted by Crippen LogP contribution is -2.48. The molecule has 0 atom stereocenters. The number of benzene rings is 2. The number of hydrogen-bond donors (Lipinski definition) is 0. The summed E-state index contributed by atoms with van der Waals surface area (Å²) in [6, 6.07) is 16.1. The summed E-state index contributed by atoms with van der Waals surface area (Å²) < 4.78 is 10.6. The third-order valence-corrected chi connectivity index (χ3v) is 4.78. The largest absolute Gasteiger partial charge is 0.493 e. The zero-order valence-corrected chi connectivity index (χ0v) is 17.9. The van der Waals surface area contributed by atoms with Gasteiger partial charge in [0.05, 0.1) is 20.6 Å². The standard InChI is InChI=1S/C21H26N2O3.2ClH/c1-25-19-9-8-18(14-20(19)26-2)15-21(24)23-12-10-22(11-13-23)16-17-6-4-3-5-7-17;;/h3-9,14H,10-13,15-16H2,1-2H3;2*1H. The van der Waals surface area contributed by atoms with Crippen LogP contribution in [0.2, 0.25) is 0 Å². The molecule has 0 aliphatic carbocycles. The van der Waals surface area contributed by atoms with Crippen molar-refractivity contribution in [3.8, 4) is 11.5 Å². The summed E-state index contributed by atoms with van der Waals surface area (Å²) in [5, 5.41) is 0. The van der Waals surface area contributed by atoms with Crippen molar-refractivity contribution >= 4 is 30.7 Å². The van der Waals surface area contributed by atoms with E-state index in [1.54, 1.807) is 14.2 Å². The van der Waals surface area contributed by atoms with Crippen LogP contribution in [0.25, 0.3) is 0 Å². The Morgan fingerprint density at radius 1 is 0.857 bits per heavy atom. The van der Waals surface area contributed by atoms with E-state index in [9.17, 15) is 4.79 Å². The Morgan fingerprint density at radius 2 is 1.50 bits per heavy atom. The lowest BCUT2D eigenvalue weighted by atomic mass is 10.1. The molecule has 1 aliphatic rings. The van der Waals surface area contributed by atoms with E-state index in [4.69, 9.17) is 9.47 Å². The van der Waals surface area contributed by atoms with Crippen molar-refractivity contribution in [1.29, 1.82) is 0 Å². The van der Waals surface area contributed by atoms with E-state index in [1.165, 1.54) is 5.56 Å². The van der Waals surface area contributed by atoms with Crippen LogP contribution >= 0.6 is 24.8 Å². The fourth-order valence-electron chi connectivity index (χ4n) is 3.27. The van der Waals surface area contributed by atoms with Crippen LogP contribution in [-0.2, 0) is 17.8 Å². The quantitative estimate of drug-likeness (QED) is 0.709. The van der Waals surface area contributed by atoms with Crippen molar-refractivity contribution in [2.45, 2.75) is 13.0 Å². The third kappa shape index (κ3) is 6.30. The summed E-state index contributed by atoms with van der Waals surface area (Å²) in [5.74, 6) is 1.50. The lowest BCUT2D eigenvalue weighted by molar-refractivity contribution is -0.132. The normalized spacial score (nSPS) is 13.9. The number of amides is 1. The summed E-state index contributed by atoms with van der Waals surface area (Å²) >= 11 is 0. The van der Waals surface area contributed by atoms with Crippen LogP contribution in [0.5, 0.6) is 11.5 Å². The van der Waals surface area contributed by atoms with Crippen LogP contribution in [0.15, 0.2) is 48.5 Å². The maximum Gasteiger partial charge on any atom is 0.227 e. The zero-order chi connectivity index (χ0) is 18.4. The van der Waals surface area contributed by atoms with Gasteiger partial charge in [-0.05, 0) is 23.3 Å². The van der Waals surface area contributed by atoms with Gasteiger partial charge in [0.1, 0.15) is 0 Å². The zero-order valence-electron chi connectivity index (χ0n) is 16.3. The minimum Gasteiger partial charge on any atom is -0.493 e. The molecule has 1 saturated heterocycles. The minimum atomic E-state index is 0. The molecule has 1 amide bonds. The first-order valence-corrected chi connectivity index (χ1v) is 8.94. The smallest absolute Gasteiger partial charge is 0.227 e. The van der Waals surface area contributed by atoms with Crippen molar-refractivity contribution in [2.75, 3.05) is 40.4 Å². The van der Waals surface area contributed by atoms with Gasteiger partial charge in [-0.3, -0.25) is 9.69 Å². The summed E-state index contributed by atoms with van der Waals surface area (Å²) in [5.41, 5.74) is 2.26. The first kappa shape index (κ1) is 24.1. The highest BCUT2D eigenvalue weighted by atomic mass is 35.5. The van der Waals surface area contributed by atoms with Crippen LogP contribution in [0.1, 0.15) is 11.1 Å². The SMILES string of the molecule is COc1ccc(CC(=O)N2CCN(Cc3ccccc3)CC2)cc1OC.Cl.Cl. The molecule has 0 saturated carbocycles. The minimum absolute atomic E-state index is 0. The van der Waals surface area contributed by atoms with Gasteiger partial charge < -0.3 is 14.4 Å². The highest BCUT2D eigenvalue weighted by Gasteiger charge is 2.21. The second-order valence-corrected chi connectivity index (χ2v) is 6.51. The molecular formula is C21H28Cl2N2O3. The fraction of sp³-hybridized carbons (Fsp3) is 0.381. The van der Waals surface area contributed by atoms with Crippen molar-refractivity contribution in [2.24, 2.45) is 0 Å². The molecule has 3 rings (SSSR count). The molecule has 1 fully saturated rings. The monoisotopic (exact) mass is 426 g/mol. The van der Waals surface area contributed by atoms with E-state index in [0.717, 1.165) is 38.3 Å². The number of nitrogens with zero attached hydrogens (tertiary/aromatic N) is 2. The number of carbonyl (C=O) groups excluding carboxylic acids is 1. The number of ether oxygens (including phenoxy) is 2. The number of halogens is 2. The maximum atomic E-state index is 12.6. The number of piperazine rings is 1. The van der Waals surface area contributed by atoms with Crippen molar-refractivity contribution < 1.29 is 14.3 Å². The lowest BCUT2D eigenvalue weighted by Gasteiger charge is -2.34. The van der Waals surface area contributed by atoms with Gasteiger partial charge in [-0.15, -0.1) is 24.8 Å². The number of rotatable bonds is 6. The predicted octanol–water partition coefficient (Wildman–Crippen LogP) is 3.43. The molecule has 5 nitrogen and oxygen atoms in total. The summed E-state index contributed by atoms with van der Waals surface area (Å²) in [4.78, 5) is 17.0. The Bertz CT molecular complexity index is 736. The Labute approximate surface area is 179 Å². The van der Waals surface area contributed by atoms with Crippen LogP contribution < -0.4 is 9.47 Å². The molecule has 1 aliphatic heterocycles. The third-order valence-electron chi connectivity index (χ3n) is 4.78. The van der Waals surface area contributed by atoms with Gasteiger partial charge in [-0.2, -0.15) is 0 Å². The van der Waals surface area contributed by atoms with Crippen molar-refractivity contribution in [1.82, 2.24) is 9.80 Å². The molecule has 0 radical (unpaired) electrons. The first-order chi connectivity index (χ1) is 12.7. The average Bonchev–Trinajstić information content (AvgIpc) is 2.69. The van der Waals surface area contributed by atoms with Gasteiger partial charge in [0.2, 0.25) is 5.91 Å². The second-order valence-electron chi connectivity index (χ2n) is 6.51. The number of carbonyl (C=O) groups is 1.